The number of nitrogens with one attached hydrogen (secondary N) is 1. The van der Waals surface area contributed by atoms with Crippen LogP contribution in [-0.2, 0) is 30.3 Å². The van der Waals surface area contributed by atoms with Gasteiger partial charge in [-0.25, -0.2) is 14.0 Å². The molecule has 0 atom stereocenters. The quantitative estimate of drug-likeness (QED) is 0.830. The van der Waals surface area contributed by atoms with Crippen LogP contribution >= 0.6 is 0 Å². The van der Waals surface area contributed by atoms with Crippen LogP contribution in [0.4, 0.5) is 15.8 Å². The summed E-state index contributed by atoms with van der Waals surface area (Å²) in [6.07, 6.45) is 5.92. The number of carbonyl (C=O) groups is 3. The van der Waals surface area contributed by atoms with Crippen molar-refractivity contribution in [1.82, 2.24) is 0 Å². The fourth-order valence-electron chi connectivity index (χ4n) is 2.77. The van der Waals surface area contributed by atoms with Gasteiger partial charge in [-0.2, -0.15) is 0 Å². The molecule has 0 saturated heterocycles. The number of carbonyl (C=O) groups excluding carboxylic acids is 3. The lowest BCUT2D eigenvalue weighted by Gasteiger charge is -2.24. The SMILES string of the molecule is COC(=O)C1=C(C(=O)OC)N(c2cc3c(cc2F)CC(=O)N3)C=CC=C1. The molecule has 2 aliphatic heterocycles. The first-order valence-corrected chi connectivity index (χ1v) is 7.63. The van der Waals surface area contributed by atoms with E-state index in [1.807, 2.05) is 0 Å². The Kier molecular flexibility index (Phi) is 4.57. The number of rotatable bonds is 3. The number of amides is 1. The van der Waals surface area contributed by atoms with Crippen LogP contribution in [-0.4, -0.2) is 32.1 Å². The van der Waals surface area contributed by atoms with Crippen molar-refractivity contribution in [2.24, 2.45) is 0 Å². The highest BCUT2D eigenvalue weighted by Crippen LogP contribution is 2.34. The maximum atomic E-state index is 14.7. The summed E-state index contributed by atoms with van der Waals surface area (Å²) in [5, 5.41) is 2.63. The molecular formula is C18H15FN2O5. The smallest absolute Gasteiger partial charge is 0.355 e. The molecule has 0 fully saturated rings. The zero-order valence-electron chi connectivity index (χ0n) is 14.0. The van der Waals surface area contributed by atoms with Crippen LogP contribution in [0, 0.1) is 5.82 Å². The van der Waals surface area contributed by atoms with Crippen molar-refractivity contribution in [2.45, 2.75) is 6.42 Å². The number of allylic oxidation sites excluding steroid dienone is 2. The summed E-state index contributed by atoms with van der Waals surface area (Å²) in [6, 6.07) is 2.63. The Morgan fingerprint density at radius 3 is 2.58 bits per heavy atom. The fourth-order valence-corrected chi connectivity index (χ4v) is 2.77. The average molecular weight is 358 g/mol. The second-order valence-electron chi connectivity index (χ2n) is 5.50. The van der Waals surface area contributed by atoms with Gasteiger partial charge in [-0.3, -0.25) is 4.79 Å². The number of esters is 2. The Bertz CT molecular complexity index is 901. The molecule has 1 N–H and O–H groups in total. The van der Waals surface area contributed by atoms with E-state index in [1.165, 1.54) is 48.6 Å². The van der Waals surface area contributed by atoms with Gasteiger partial charge in [0.2, 0.25) is 5.91 Å². The van der Waals surface area contributed by atoms with Crippen LogP contribution in [0.1, 0.15) is 5.56 Å². The molecule has 26 heavy (non-hydrogen) atoms. The second kappa shape index (κ2) is 6.83. The molecule has 0 unspecified atom stereocenters. The van der Waals surface area contributed by atoms with E-state index in [0.717, 1.165) is 7.11 Å². The molecule has 1 amide bonds. The Hall–Kier alpha value is -3.42. The summed E-state index contributed by atoms with van der Waals surface area (Å²) in [7, 11) is 2.33. The van der Waals surface area contributed by atoms with Crippen molar-refractivity contribution in [3.8, 4) is 0 Å². The Morgan fingerprint density at radius 2 is 1.88 bits per heavy atom. The van der Waals surface area contributed by atoms with Crippen LogP contribution < -0.4 is 10.2 Å². The van der Waals surface area contributed by atoms with Crippen molar-refractivity contribution < 1.29 is 28.2 Å². The summed E-state index contributed by atoms with van der Waals surface area (Å²) in [4.78, 5) is 37.2. The highest BCUT2D eigenvalue weighted by atomic mass is 19.1. The van der Waals surface area contributed by atoms with Crippen LogP contribution in [0.5, 0.6) is 0 Å². The molecule has 0 bridgehead atoms. The van der Waals surface area contributed by atoms with E-state index < -0.39 is 17.8 Å². The van der Waals surface area contributed by atoms with Gasteiger partial charge in [0.15, 0.2) is 0 Å². The van der Waals surface area contributed by atoms with Gasteiger partial charge in [0.1, 0.15) is 11.5 Å². The molecular weight excluding hydrogens is 343 g/mol. The first kappa shape index (κ1) is 17.4. The lowest BCUT2D eigenvalue weighted by atomic mass is 10.1. The highest BCUT2D eigenvalue weighted by molar-refractivity contribution is 6.06. The van der Waals surface area contributed by atoms with Crippen molar-refractivity contribution >= 4 is 29.2 Å². The molecule has 8 heteroatoms. The first-order chi connectivity index (χ1) is 12.5. The van der Waals surface area contributed by atoms with E-state index in [2.05, 4.69) is 5.32 Å². The van der Waals surface area contributed by atoms with Crippen LogP contribution in [0.2, 0.25) is 0 Å². The van der Waals surface area contributed by atoms with Gasteiger partial charge in [-0.15, -0.1) is 0 Å². The van der Waals surface area contributed by atoms with Gasteiger partial charge >= 0.3 is 11.9 Å². The number of nitrogens with zero attached hydrogens (tertiary/aromatic N) is 1. The summed E-state index contributed by atoms with van der Waals surface area (Å²) in [5.74, 6) is -2.52. The second-order valence-corrected chi connectivity index (χ2v) is 5.50. The Labute approximate surface area is 148 Å². The zero-order chi connectivity index (χ0) is 18.8. The standard InChI is InChI=1S/C18H15FN2O5/c1-25-17(23)11-5-3-4-6-21(16(11)18(24)26-2)14-9-13-10(7-12(14)19)8-15(22)20-13/h3-7,9H,8H2,1-2H3,(H,20,22). The Morgan fingerprint density at radius 1 is 1.15 bits per heavy atom. The maximum absolute atomic E-state index is 14.7. The van der Waals surface area contributed by atoms with Gasteiger partial charge in [-0.05, 0) is 29.8 Å². The molecule has 134 valence electrons. The van der Waals surface area contributed by atoms with Crippen LogP contribution in [0.3, 0.4) is 0 Å². The molecule has 1 aromatic carbocycles. The molecule has 2 heterocycles. The zero-order valence-corrected chi connectivity index (χ0v) is 14.0. The van der Waals surface area contributed by atoms with Gasteiger partial charge < -0.3 is 19.7 Å². The van der Waals surface area contributed by atoms with Crippen molar-refractivity contribution in [2.75, 3.05) is 24.4 Å². The molecule has 2 aliphatic rings. The lowest BCUT2D eigenvalue weighted by Crippen LogP contribution is -2.27. The molecule has 0 radical (unpaired) electrons. The molecule has 7 nitrogen and oxygen atoms in total. The lowest BCUT2D eigenvalue weighted by molar-refractivity contribution is -0.139. The summed E-state index contributed by atoms with van der Waals surface area (Å²) >= 11 is 0. The predicted octanol–water partition coefficient (Wildman–Crippen LogP) is 1.81. The minimum Gasteiger partial charge on any atom is -0.465 e. The van der Waals surface area contributed by atoms with Gasteiger partial charge in [0.25, 0.3) is 0 Å². The molecule has 0 aliphatic carbocycles. The maximum Gasteiger partial charge on any atom is 0.355 e. The molecule has 0 aromatic heterocycles. The summed E-state index contributed by atoms with van der Waals surface area (Å²) < 4.78 is 24.2. The number of hydrogen-bond acceptors (Lipinski definition) is 6. The number of methoxy groups -OCH3 is 2. The van der Waals surface area contributed by atoms with E-state index in [1.54, 1.807) is 0 Å². The predicted molar refractivity (Wildman–Crippen MR) is 90.6 cm³/mol. The van der Waals surface area contributed by atoms with Crippen LogP contribution in [0.15, 0.2) is 47.8 Å². The largest absolute Gasteiger partial charge is 0.465 e. The summed E-state index contributed by atoms with van der Waals surface area (Å²) in [5.41, 5.74) is 0.652. The van der Waals surface area contributed by atoms with Gasteiger partial charge in [0, 0.05) is 11.9 Å². The monoisotopic (exact) mass is 358 g/mol. The van der Waals surface area contributed by atoms with E-state index in [4.69, 9.17) is 9.47 Å². The molecule has 0 saturated carbocycles. The minimum absolute atomic E-state index is 0.0206. The minimum atomic E-state index is -0.842. The van der Waals surface area contributed by atoms with E-state index in [9.17, 15) is 18.8 Å². The van der Waals surface area contributed by atoms with Crippen molar-refractivity contribution in [3.05, 3.63) is 59.2 Å². The Balaban J connectivity index is 2.19. The first-order valence-electron chi connectivity index (χ1n) is 7.63. The van der Waals surface area contributed by atoms with E-state index in [0.29, 0.717) is 11.3 Å². The number of anilines is 2. The number of hydrogen-bond donors (Lipinski definition) is 1. The third-order valence-corrected chi connectivity index (χ3v) is 3.95. The van der Waals surface area contributed by atoms with Crippen molar-refractivity contribution in [3.63, 3.8) is 0 Å². The number of ether oxygens (including phenoxy) is 2. The fraction of sp³-hybridized carbons (Fsp3) is 0.167. The van der Waals surface area contributed by atoms with Crippen LogP contribution in [0.25, 0.3) is 0 Å². The number of fused-ring (bicyclic) bond motifs is 1. The third kappa shape index (κ3) is 2.97. The summed E-state index contributed by atoms with van der Waals surface area (Å²) in [6.45, 7) is 0. The molecule has 0 spiro atoms. The topological polar surface area (TPSA) is 84.9 Å². The third-order valence-electron chi connectivity index (χ3n) is 3.95. The van der Waals surface area contributed by atoms with Gasteiger partial charge in [-0.1, -0.05) is 6.08 Å². The molecule has 1 aromatic rings. The average Bonchev–Trinajstić information content (AvgIpc) is 2.85. The van der Waals surface area contributed by atoms with E-state index >= 15 is 0 Å². The highest BCUT2D eigenvalue weighted by Gasteiger charge is 2.30. The van der Waals surface area contributed by atoms with Gasteiger partial charge in [0.05, 0.1) is 31.9 Å². The van der Waals surface area contributed by atoms with E-state index in [-0.39, 0.29) is 29.3 Å². The normalized spacial score (nSPS) is 15.5. The molecule has 3 rings (SSSR count). The number of halogens is 1. The van der Waals surface area contributed by atoms with Crippen molar-refractivity contribution in [1.29, 1.82) is 0 Å². The number of benzene rings is 1.